The number of rotatable bonds is 6. The van der Waals surface area contributed by atoms with E-state index in [9.17, 15) is 4.79 Å². The highest BCUT2D eigenvalue weighted by molar-refractivity contribution is 5.89. The molecule has 0 saturated carbocycles. The highest BCUT2D eigenvalue weighted by Gasteiger charge is 2.05. The Morgan fingerprint density at radius 3 is 2.68 bits per heavy atom. The van der Waals surface area contributed by atoms with Crippen LogP contribution in [0, 0.1) is 5.92 Å². The SMILES string of the molecule is C/C(CC(C)C)=N\NC(=O)COc1cccc2ccccc12. The van der Waals surface area contributed by atoms with E-state index >= 15 is 0 Å². The zero-order chi connectivity index (χ0) is 15.9. The lowest BCUT2D eigenvalue weighted by Crippen LogP contribution is -2.25. The van der Waals surface area contributed by atoms with E-state index < -0.39 is 0 Å². The average molecular weight is 298 g/mol. The summed E-state index contributed by atoms with van der Waals surface area (Å²) in [7, 11) is 0. The molecule has 0 bridgehead atoms. The lowest BCUT2D eigenvalue weighted by molar-refractivity contribution is -0.123. The lowest BCUT2D eigenvalue weighted by Gasteiger charge is -2.09. The zero-order valence-corrected chi connectivity index (χ0v) is 13.3. The minimum absolute atomic E-state index is 0.0491. The summed E-state index contributed by atoms with van der Waals surface area (Å²) in [6.07, 6.45) is 0.866. The van der Waals surface area contributed by atoms with Gasteiger partial charge < -0.3 is 4.74 Å². The number of nitrogens with zero attached hydrogens (tertiary/aromatic N) is 1. The molecule has 0 aliphatic heterocycles. The first-order chi connectivity index (χ1) is 10.6. The van der Waals surface area contributed by atoms with Crippen LogP contribution < -0.4 is 10.2 Å². The fraction of sp³-hybridized carbons (Fsp3) is 0.333. The fourth-order valence-electron chi connectivity index (χ4n) is 2.29. The van der Waals surface area contributed by atoms with Crippen LogP contribution in [0.3, 0.4) is 0 Å². The largest absolute Gasteiger partial charge is 0.483 e. The predicted octanol–water partition coefficient (Wildman–Crippen LogP) is 3.76. The Kier molecular flexibility index (Phi) is 5.53. The zero-order valence-electron chi connectivity index (χ0n) is 13.3. The topological polar surface area (TPSA) is 50.7 Å². The molecule has 2 aromatic rings. The summed E-state index contributed by atoms with van der Waals surface area (Å²) >= 11 is 0. The maximum Gasteiger partial charge on any atom is 0.277 e. The molecule has 0 heterocycles. The molecule has 0 spiro atoms. The van der Waals surface area contributed by atoms with Gasteiger partial charge in [-0.15, -0.1) is 0 Å². The van der Waals surface area contributed by atoms with E-state index in [4.69, 9.17) is 4.74 Å². The van der Waals surface area contributed by atoms with Crippen molar-refractivity contribution in [3.05, 3.63) is 42.5 Å². The second-order valence-electron chi connectivity index (χ2n) is 5.75. The van der Waals surface area contributed by atoms with Crippen LogP contribution in [-0.4, -0.2) is 18.2 Å². The predicted molar refractivity (Wildman–Crippen MR) is 90.1 cm³/mol. The third-order valence-corrected chi connectivity index (χ3v) is 3.18. The number of hydrogen-bond acceptors (Lipinski definition) is 3. The molecule has 1 N–H and O–H groups in total. The van der Waals surface area contributed by atoms with Gasteiger partial charge in [0.2, 0.25) is 0 Å². The van der Waals surface area contributed by atoms with Crippen molar-refractivity contribution in [1.29, 1.82) is 0 Å². The van der Waals surface area contributed by atoms with Crippen LogP contribution in [0.2, 0.25) is 0 Å². The summed E-state index contributed by atoms with van der Waals surface area (Å²) in [5.41, 5.74) is 3.44. The molecule has 22 heavy (non-hydrogen) atoms. The maximum absolute atomic E-state index is 11.8. The molecular weight excluding hydrogens is 276 g/mol. The normalized spacial score (nSPS) is 11.7. The van der Waals surface area contributed by atoms with E-state index in [2.05, 4.69) is 24.4 Å². The van der Waals surface area contributed by atoms with Gasteiger partial charge in [0.15, 0.2) is 6.61 Å². The van der Waals surface area contributed by atoms with Crippen LogP contribution in [0.1, 0.15) is 27.2 Å². The number of fused-ring (bicyclic) bond motifs is 1. The molecule has 0 radical (unpaired) electrons. The lowest BCUT2D eigenvalue weighted by atomic mass is 10.1. The Bertz CT molecular complexity index is 672. The van der Waals surface area contributed by atoms with Crippen molar-refractivity contribution in [2.45, 2.75) is 27.2 Å². The first-order valence-corrected chi connectivity index (χ1v) is 7.49. The molecule has 0 aromatic heterocycles. The minimum Gasteiger partial charge on any atom is -0.483 e. The van der Waals surface area contributed by atoms with Gasteiger partial charge in [-0.2, -0.15) is 5.10 Å². The number of hydrazone groups is 1. The van der Waals surface area contributed by atoms with Crippen LogP contribution in [0.15, 0.2) is 47.6 Å². The first-order valence-electron chi connectivity index (χ1n) is 7.49. The first kappa shape index (κ1) is 16.0. The van der Waals surface area contributed by atoms with Crippen LogP contribution in [0.4, 0.5) is 0 Å². The summed E-state index contributed by atoms with van der Waals surface area (Å²) in [6.45, 7) is 6.09. The van der Waals surface area contributed by atoms with Crippen molar-refractivity contribution in [2.24, 2.45) is 11.0 Å². The monoisotopic (exact) mass is 298 g/mol. The number of carbonyl (C=O) groups is 1. The molecule has 2 aromatic carbocycles. The highest BCUT2D eigenvalue weighted by Crippen LogP contribution is 2.24. The van der Waals surface area contributed by atoms with E-state index in [-0.39, 0.29) is 12.5 Å². The van der Waals surface area contributed by atoms with Gasteiger partial charge in [0.1, 0.15) is 5.75 Å². The van der Waals surface area contributed by atoms with E-state index in [0.29, 0.717) is 11.7 Å². The second kappa shape index (κ2) is 7.59. The summed E-state index contributed by atoms with van der Waals surface area (Å²) in [4.78, 5) is 11.8. The van der Waals surface area contributed by atoms with Gasteiger partial charge in [0.05, 0.1) is 0 Å². The molecule has 2 rings (SSSR count). The molecule has 0 aliphatic carbocycles. The Balaban J connectivity index is 1.93. The number of ether oxygens (including phenoxy) is 1. The Hall–Kier alpha value is -2.36. The molecule has 116 valence electrons. The third-order valence-electron chi connectivity index (χ3n) is 3.18. The average Bonchev–Trinajstić information content (AvgIpc) is 2.50. The molecule has 4 heteroatoms. The van der Waals surface area contributed by atoms with Crippen LogP contribution in [0.25, 0.3) is 10.8 Å². The number of nitrogens with one attached hydrogen (secondary N) is 1. The maximum atomic E-state index is 11.8. The number of benzene rings is 2. The van der Waals surface area contributed by atoms with Crippen molar-refractivity contribution in [3.8, 4) is 5.75 Å². The molecular formula is C18H22N2O2. The number of hydrogen-bond donors (Lipinski definition) is 1. The second-order valence-corrected chi connectivity index (χ2v) is 5.75. The van der Waals surface area contributed by atoms with Crippen molar-refractivity contribution >= 4 is 22.4 Å². The summed E-state index contributed by atoms with van der Waals surface area (Å²) in [5.74, 6) is 0.972. The van der Waals surface area contributed by atoms with Crippen LogP contribution >= 0.6 is 0 Å². The van der Waals surface area contributed by atoms with Gasteiger partial charge in [-0.3, -0.25) is 4.79 Å². The summed E-state index contributed by atoms with van der Waals surface area (Å²) in [5, 5.41) is 6.16. The van der Waals surface area contributed by atoms with E-state index in [1.165, 1.54) is 0 Å². The van der Waals surface area contributed by atoms with Gasteiger partial charge in [-0.1, -0.05) is 50.2 Å². The Morgan fingerprint density at radius 1 is 1.18 bits per heavy atom. The summed E-state index contributed by atoms with van der Waals surface area (Å²) < 4.78 is 5.61. The Morgan fingerprint density at radius 2 is 1.91 bits per heavy atom. The van der Waals surface area contributed by atoms with Crippen molar-refractivity contribution < 1.29 is 9.53 Å². The van der Waals surface area contributed by atoms with Crippen molar-refractivity contribution in [3.63, 3.8) is 0 Å². The standard InChI is InChI=1S/C18H22N2O2/c1-13(2)11-14(3)19-20-18(21)12-22-17-10-6-8-15-7-4-5-9-16(15)17/h4-10,13H,11-12H2,1-3H3,(H,20,21)/b19-14+. The summed E-state index contributed by atoms with van der Waals surface area (Å²) in [6, 6.07) is 13.7. The number of carbonyl (C=O) groups excluding carboxylic acids is 1. The molecule has 1 amide bonds. The molecule has 0 saturated heterocycles. The van der Waals surface area contributed by atoms with Crippen molar-refractivity contribution in [1.82, 2.24) is 5.43 Å². The minimum atomic E-state index is -0.254. The van der Waals surface area contributed by atoms with E-state index in [1.54, 1.807) is 0 Å². The quantitative estimate of drug-likeness (QED) is 0.652. The smallest absolute Gasteiger partial charge is 0.277 e. The number of amides is 1. The van der Waals surface area contributed by atoms with E-state index in [0.717, 1.165) is 22.9 Å². The van der Waals surface area contributed by atoms with Gasteiger partial charge in [0, 0.05) is 11.1 Å². The molecule has 0 aliphatic rings. The molecule has 0 atom stereocenters. The van der Waals surface area contributed by atoms with Crippen LogP contribution in [-0.2, 0) is 4.79 Å². The van der Waals surface area contributed by atoms with Crippen LogP contribution in [0.5, 0.6) is 5.75 Å². The van der Waals surface area contributed by atoms with Gasteiger partial charge in [-0.05, 0) is 30.7 Å². The van der Waals surface area contributed by atoms with Gasteiger partial charge in [0.25, 0.3) is 5.91 Å². The van der Waals surface area contributed by atoms with Gasteiger partial charge >= 0.3 is 0 Å². The fourth-order valence-corrected chi connectivity index (χ4v) is 2.29. The highest BCUT2D eigenvalue weighted by atomic mass is 16.5. The molecule has 0 unspecified atom stereocenters. The Labute approximate surface area is 131 Å². The third kappa shape index (κ3) is 4.58. The van der Waals surface area contributed by atoms with Gasteiger partial charge in [-0.25, -0.2) is 5.43 Å². The van der Waals surface area contributed by atoms with Crippen molar-refractivity contribution in [2.75, 3.05) is 6.61 Å². The molecule has 4 nitrogen and oxygen atoms in total. The van der Waals surface area contributed by atoms with E-state index in [1.807, 2.05) is 49.4 Å². The molecule has 0 fully saturated rings.